The molecular weight excluding hydrogens is 1050 g/mol. The summed E-state index contributed by atoms with van der Waals surface area (Å²) >= 11 is 0. The third-order valence-corrected chi connectivity index (χ3v) is 12.8. The first-order chi connectivity index (χ1) is 39.1. The number of carbonyl (C=O) groups is 7. The molecule has 3 atom stereocenters. The maximum absolute atomic E-state index is 12.6. The number of amides is 4. The number of hydrogen-bond donors (Lipinski definition) is 9. The summed E-state index contributed by atoms with van der Waals surface area (Å²) in [5.41, 5.74) is 18.0. The predicted molar refractivity (Wildman–Crippen MR) is 313 cm³/mol. The van der Waals surface area contributed by atoms with Crippen molar-refractivity contribution >= 4 is 48.6 Å². The zero-order valence-electron chi connectivity index (χ0n) is 48.3. The van der Waals surface area contributed by atoms with Crippen molar-refractivity contribution in [2.75, 3.05) is 39.4 Å². The number of carboxylic acids is 2. The van der Waals surface area contributed by atoms with Crippen LogP contribution < -0.4 is 38.1 Å². The van der Waals surface area contributed by atoms with Crippen LogP contribution in [0.5, 0.6) is 0 Å². The van der Waals surface area contributed by atoms with Crippen molar-refractivity contribution in [2.45, 2.75) is 147 Å². The fraction of sp³-hybridized carbons (Fsp3) is 0.475. The molecule has 11 N–H and O–H groups in total. The number of nitrogens with one attached hydrogen (secondary N) is 5. The maximum Gasteiger partial charge on any atom is 0.414 e. The van der Waals surface area contributed by atoms with Crippen LogP contribution in [0.2, 0.25) is 0 Å². The van der Waals surface area contributed by atoms with Gasteiger partial charge in [0, 0.05) is 18.4 Å². The summed E-state index contributed by atoms with van der Waals surface area (Å²) in [6.07, 6.45) is 3.34. The first-order valence-corrected chi connectivity index (χ1v) is 27.9. The third-order valence-electron chi connectivity index (χ3n) is 12.8. The Morgan fingerprint density at radius 2 is 0.902 bits per heavy atom. The van der Waals surface area contributed by atoms with Crippen molar-refractivity contribution in [1.82, 2.24) is 26.6 Å². The Kier molecular flexibility index (Phi) is 27.4. The molecule has 21 nitrogen and oxygen atoms in total. The summed E-state index contributed by atoms with van der Waals surface area (Å²) in [6, 6.07) is 29.9. The van der Waals surface area contributed by atoms with Crippen LogP contribution in [0.25, 0.3) is 22.3 Å². The van der Waals surface area contributed by atoms with Crippen LogP contribution in [-0.4, -0.2) is 127 Å². The van der Waals surface area contributed by atoms with E-state index in [0.29, 0.717) is 32.2 Å². The van der Waals surface area contributed by atoms with Gasteiger partial charge in [0.25, 0.3) is 0 Å². The van der Waals surface area contributed by atoms with Crippen LogP contribution in [0.15, 0.2) is 102 Å². The Morgan fingerprint density at radius 1 is 0.549 bits per heavy atom. The van der Waals surface area contributed by atoms with Crippen molar-refractivity contribution in [3.8, 4) is 22.3 Å². The number of guanidine groups is 1. The van der Waals surface area contributed by atoms with Gasteiger partial charge in [-0.15, -0.1) is 0 Å². The van der Waals surface area contributed by atoms with Gasteiger partial charge in [0.1, 0.15) is 42.8 Å². The van der Waals surface area contributed by atoms with E-state index in [2.05, 4.69) is 43.7 Å². The molecule has 21 heteroatoms. The molecule has 4 aromatic carbocycles. The Balaban J connectivity index is 0.000000319. The Labute approximate surface area is 481 Å². The number of alkyl carbamates (subject to hydrolysis) is 4. The van der Waals surface area contributed by atoms with Crippen LogP contribution in [0, 0.1) is 0 Å². The minimum Gasteiger partial charge on any atom is -0.480 e. The first-order valence-electron chi connectivity index (χ1n) is 27.9. The quantitative estimate of drug-likeness (QED) is 0.0104. The predicted octanol–water partition coefficient (Wildman–Crippen LogP) is 8.95. The van der Waals surface area contributed by atoms with E-state index in [1.54, 1.807) is 41.5 Å². The van der Waals surface area contributed by atoms with Gasteiger partial charge in [-0.1, -0.05) is 110 Å². The molecule has 82 heavy (non-hydrogen) atoms. The Morgan fingerprint density at radius 3 is 1.23 bits per heavy atom. The topological polar surface area (TPSA) is 321 Å². The van der Waals surface area contributed by atoms with Crippen molar-refractivity contribution in [2.24, 2.45) is 16.5 Å². The number of nitrogens with zero attached hydrogens (tertiary/aromatic N) is 1. The molecular formula is C61H84N8O13. The second kappa shape index (κ2) is 33.8. The highest BCUT2D eigenvalue weighted by atomic mass is 16.6. The third kappa shape index (κ3) is 22.6. The Bertz CT molecular complexity index is 2640. The highest BCUT2D eigenvalue weighted by molar-refractivity contribution is 6.01. The monoisotopic (exact) mass is 1140 g/mol. The minimum atomic E-state index is -1.19. The normalized spacial score (nSPS) is 13.2. The summed E-state index contributed by atoms with van der Waals surface area (Å²) in [7, 11) is 0. The first kappa shape index (κ1) is 66.6. The number of unbranched alkanes of at least 4 members (excludes halogenated alkanes) is 3. The summed E-state index contributed by atoms with van der Waals surface area (Å²) in [5, 5.41) is 31.7. The van der Waals surface area contributed by atoms with Gasteiger partial charge in [0.15, 0.2) is 0 Å². The second-order valence-corrected chi connectivity index (χ2v) is 21.6. The van der Waals surface area contributed by atoms with E-state index in [1.807, 2.05) is 91.9 Å². The number of aldehydes is 1. The molecule has 2 aliphatic carbocycles. The molecule has 0 bridgehead atoms. The van der Waals surface area contributed by atoms with Gasteiger partial charge in [-0.25, -0.2) is 28.8 Å². The molecule has 0 spiro atoms. The lowest BCUT2D eigenvalue weighted by atomic mass is 9.98. The summed E-state index contributed by atoms with van der Waals surface area (Å²) in [4.78, 5) is 87.0. The van der Waals surface area contributed by atoms with E-state index >= 15 is 0 Å². The highest BCUT2D eigenvalue weighted by Crippen LogP contribution is 2.45. The fourth-order valence-corrected chi connectivity index (χ4v) is 9.12. The molecule has 0 fully saturated rings. The minimum absolute atomic E-state index is 0.0338. The van der Waals surface area contributed by atoms with Gasteiger partial charge in [0.05, 0.1) is 6.04 Å². The van der Waals surface area contributed by atoms with E-state index in [9.17, 15) is 43.8 Å². The van der Waals surface area contributed by atoms with E-state index in [1.165, 1.54) is 0 Å². The molecule has 0 aromatic heterocycles. The molecule has 446 valence electrons. The number of fused-ring (bicyclic) bond motifs is 6. The Hall–Kier alpha value is -7.88. The van der Waals surface area contributed by atoms with Crippen LogP contribution in [0.4, 0.5) is 19.2 Å². The summed E-state index contributed by atoms with van der Waals surface area (Å²) < 4.78 is 21.3. The molecule has 0 heterocycles. The van der Waals surface area contributed by atoms with Crippen molar-refractivity contribution in [3.63, 3.8) is 0 Å². The molecule has 2 unspecified atom stereocenters. The molecule has 6 rings (SSSR count). The molecule has 0 saturated carbocycles. The van der Waals surface area contributed by atoms with Crippen LogP contribution in [-0.2, 0) is 33.3 Å². The largest absolute Gasteiger partial charge is 0.480 e. The number of hydrogen-bond acceptors (Lipinski definition) is 15. The smallest absolute Gasteiger partial charge is 0.414 e. The van der Waals surface area contributed by atoms with Crippen molar-refractivity contribution in [3.05, 3.63) is 119 Å². The molecule has 0 radical (unpaired) electrons. The summed E-state index contributed by atoms with van der Waals surface area (Å²) in [6.45, 7) is 14.6. The maximum atomic E-state index is 12.6. The van der Waals surface area contributed by atoms with Crippen molar-refractivity contribution in [1.29, 1.82) is 0 Å². The van der Waals surface area contributed by atoms with Crippen molar-refractivity contribution < 1.29 is 62.7 Å². The number of ether oxygens (including phenoxy) is 4. The van der Waals surface area contributed by atoms with Gasteiger partial charge in [0.2, 0.25) is 5.96 Å². The van der Waals surface area contributed by atoms with Crippen LogP contribution >= 0.6 is 0 Å². The SMILES string of the molecule is CC(C)(C)OC(=O)NC(=NCCCCC(NC(=O)OCC1c2ccccc2-c2ccccc21)C(=O)O)NC(=O)OC(C)(C)C.CCN[C@@H](C=O)CCCCN.NCCCCC(NC(=O)OCC1c2ccccc2-c2ccccc21)C(=O)O. The highest BCUT2D eigenvalue weighted by Gasteiger charge is 2.32. The van der Waals surface area contributed by atoms with Crippen LogP contribution in [0.1, 0.15) is 140 Å². The second-order valence-electron chi connectivity index (χ2n) is 21.6. The average molecular weight is 1140 g/mol. The zero-order valence-corrected chi connectivity index (χ0v) is 48.3. The van der Waals surface area contributed by atoms with E-state index in [4.69, 9.17) is 30.4 Å². The number of likely N-dealkylation sites (N-methyl/N-ethyl adjacent to an activating group) is 1. The lowest BCUT2D eigenvalue weighted by Gasteiger charge is -2.22. The average Bonchev–Trinajstić information content (AvgIpc) is 3.33. The molecule has 2 aliphatic rings. The number of aliphatic imine (C=N–C) groups is 1. The lowest BCUT2D eigenvalue weighted by Crippen LogP contribution is -2.47. The molecule has 0 saturated heterocycles. The number of nitrogens with two attached hydrogens (primary N) is 2. The standard InChI is InChI=1S/C32H42N4O8.C21H24N2O4.C8H18N2O/c1-31(2,3)43-29(40)35-27(36-30(41)44-32(4,5)6)33-18-12-11-17-25(26(37)38)34-28(39)42-19-24-22-15-9-7-13-20(22)21-14-8-10-16-23(21)24;22-12-6-5-11-19(20(24)25)23-21(26)27-13-18-16-9-3-1-7-14(16)15-8-2-4-10-17(15)18;1-2-10-8(7-11)5-3-4-6-9/h7-10,13-16,24-25H,11-12,17-19H2,1-6H3,(H,34,39)(H,37,38)(H2,33,35,36,40,41);1-4,7-10,18-19H,5-6,11-13,22H2,(H,23,26)(H,24,25);7-8,10H,2-6,9H2,1H3/t;;8-/m..1/s1. The van der Waals surface area contributed by atoms with E-state index < -0.39 is 59.6 Å². The van der Waals surface area contributed by atoms with Gasteiger partial charge in [-0.3, -0.25) is 15.6 Å². The number of carbonyl (C=O) groups excluding carboxylic acids is 5. The molecule has 0 aliphatic heterocycles. The number of aliphatic carboxylic acids is 2. The number of benzene rings is 4. The van der Waals surface area contributed by atoms with Crippen LogP contribution in [0.3, 0.4) is 0 Å². The number of rotatable bonds is 24. The van der Waals surface area contributed by atoms with Gasteiger partial charge in [-0.05, 0) is 157 Å². The lowest BCUT2D eigenvalue weighted by molar-refractivity contribution is -0.140. The molecule has 4 amide bonds. The number of carboxylic acid groups (broad SMARTS) is 2. The molecule has 4 aromatic rings. The van der Waals surface area contributed by atoms with Gasteiger partial charge in [-0.2, -0.15) is 0 Å². The van der Waals surface area contributed by atoms with E-state index in [-0.39, 0.29) is 50.0 Å². The zero-order chi connectivity index (χ0) is 60.2. The summed E-state index contributed by atoms with van der Waals surface area (Å²) in [5.74, 6) is -2.63. The van der Waals surface area contributed by atoms with Gasteiger partial charge >= 0.3 is 36.3 Å². The van der Waals surface area contributed by atoms with E-state index in [0.717, 1.165) is 89.6 Å². The fourth-order valence-electron chi connectivity index (χ4n) is 9.12. The van der Waals surface area contributed by atoms with Gasteiger partial charge < -0.3 is 61.4 Å².